The van der Waals surface area contributed by atoms with E-state index in [9.17, 15) is 14.4 Å². The fourth-order valence-electron chi connectivity index (χ4n) is 1.23. The monoisotopic (exact) mass is 257 g/mol. The Bertz CT molecular complexity index is 529. The van der Waals surface area contributed by atoms with Crippen LogP contribution >= 0.6 is 0 Å². The Morgan fingerprint density at radius 1 is 1.44 bits per heavy atom. The highest BCUT2D eigenvalue weighted by Gasteiger charge is 2.24. The number of carbonyl (C=O) groups excluding carboxylic acids is 1. The number of rotatable bonds is 5. The highest BCUT2D eigenvalue weighted by atomic mass is 16.3. The number of aromatic amines is 1. The second kappa shape index (κ2) is 5.61. The molecule has 1 rings (SSSR count). The van der Waals surface area contributed by atoms with Crippen LogP contribution in [0.25, 0.3) is 0 Å². The van der Waals surface area contributed by atoms with Gasteiger partial charge in [-0.15, -0.1) is 0 Å². The topological polar surface area (TPSA) is 124 Å². The number of aliphatic hydroxyl groups excluding tert-OH is 2. The van der Waals surface area contributed by atoms with Gasteiger partial charge in [0.1, 0.15) is 6.54 Å². The minimum Gasteiger partial charge on any atom is -0.394 e. The first-order valence-electron chi connectivity index (χ1n) is 5.23. The molecule has 0 aliphatic rings. The maximum absolute atomic E-state index is 11.6. The van der Waals surface area contributed by atoms with E-state index in [1.807, 2.05) is 4.98 Å². The van der Waals surface area contributed by atoms with Crippen LogP contribution in [0.5, 0.6) is 0 Å². The SMILES string of the molecule is CC(CO)(CO)NC(=O)Cn1ccc(=O)[nH]c1=O. The number of hydrogen-bond acceptors (Lipinski definition) is 5. The molecule has 100 valence electrons. The molecule has 1 heterocycles. The van der Waals surface area contributed by atoms with Crippen molar-refractivity contribution in [1.82, 2.24) is 14.9 Å². The summed E-state index contributed by atoms with van der Waals surface area (Å²) in [6.45, 7) is 0.275. The van der Waals surface area contributed by atoms with E-state index in [1.165, 1.54) is 13.1 Å². The molecule has 4 N–H and O–H groups in total. The van der Waals surface area contributed by atoms with Crippen molar-refractivity contribution < 1.29 is 15.0 Å². The summed E-state index contributed by atoms with van der Waals surface area (Å²) >= 11 is 0. The lowest BCUT2D eigenvalue weighted by Crippen LogP contribution is -2.53. The summed E-state index contributed by atoms with van der Waals surface area (Å²) in [7, 11) is 0. The molecule has 1 aromatic heterocycles. The van der Waals surface area contributed by atoms with Crippen molar-refractivity contribution in [3.63, 3.8) is 0 Å². The Balaban J connectivity index is 2.77. The van der Waals surface area contributed by atoms with Crippen molar-refractivity contribution >= 4 is 5.91 Å². The number of H-pyrrole nitrogens is 1. The smallest absolute Gasteiger partial charge is 0.328 e. The number of hydrogen-bond donors (Lipinski definition) is 4. The lowest BCUT2D eigenvalue weighted by molar-refractivity contribution is -0.124. The van der Waals surface area contributed by atoms with Crippen molar-refractivity contribution in [2.45, 2.75) is 19.0 Å². The molecular weight excluding hydrogens is 242 g/mol. The van der Waals surface area contributed by atoms with E-state index in [4.69, 9.17) is 10.2 Å². The van der Waals surface area contributed by atoms with Gasteiger partial charge in [-0.3, -0.25) is 19.1 Å². The third-order valence-electron chi connectivity index (χ3n) is 2.35. The first-order chi connectivity index (χ1) is 8.40. The maximum Gasteiger partial charge on any atom is 0.328 e. The lowest BCUT2D eigenvalue weighted by atomic mass is 10.1. The van der Waals surface area contributed by atoms with Crippen LogP contribution in [0.15, 0.2) is 21.9 Å². The van der Waals surface area contributed by atoms with Gasteiger partial charge in [-0.05, 0) is 6.92 Å². The average molecular weight is 257 g/mol. The van der Waals surface area contributed by atoms with Gasteiger partial charge in [-0.25, -0.2) is 4.79 Å². The van der Waals surface area contributed by atoms with Crippen LogP contribution < -0.4 is 16.6 Å². The van der Waals surface area contributed by atoms with Gasteiger partial charge < -0.3 is 15.5 Å². The maximum atomic E-state index is 11.6. The van der Waals surface area contributed by atoms with Crippen molar-refractivity contribution in [2.24, 2.45) is 0 Å². The van der Waals surface area contributed by atoms with Gasteiger partial charge in [0.15, 0.2) is 0 Å². The Hall–Kier alpha value is -1.93. The number of aromatic nitrogens is 2. The van der Waals surface area contributed by atoms with Crippen LogP contribution in [-0.4, -0.2) is 44.4 Å². The third kappa shape index (κ3) is 3.54. The zero-order valence-electron chi connectivity index (χ0n) is 9.84. The fraction of sp³-hybridized carbons (Fsp3) is 0.500. The van der Waals surface area contributed by atoms with E-state index in [1.54, 1.807) is 0 Å². The molecule has 0 aliphatic carbocycles. The molecule has 0 saturated heterocycles. The molecule has 0 radical (unpaired) electrons. The lowest BCUT2D eigenvalue weighted by Gasteiger charge is -2.26. The number of nitrogens with zero attached hydrogens (tertiary/aromatic N) is 1. The highest BCUT2D eigenvalue weighted by Crippen LogP contribution is 2.00. The number of carbonyl (C=O) groups is 1. The van der Waals surface area contributed by atoms with Gasteiger partial charge in [0.05, 0.1) is 18.8 Å². The predicted molar refractivity (Wildman–Crippen MR) is 62.0 cm³/mol. The average Bonchev–Trinajstić information content (AvgIpc) is 2.32. The summed E-state index contributed by atoms with van der Waals surface area (Å²) in [5.41, 5.74) is -2.40. The van der Waals surface area contributed by atoms with E-state index in [-0.39, 0.29) is 6.54 Å². The Labute approximate surface area is 102 Å². The molecule has 0 saturated carbocycles. The van der Waals surface area contributed by atoms with Crippen LogP contribution in [0.2, 0.25) is 0 Å². The van der Waals surface area contributed by atoms with E-state index < -0.39 is 35.9 Å². The molecule has 0 unspecified atom stereocenters. The van der Waals surface area contributed by atoms with Crippen LogP contribution in [0, 0.1) is 0 Å². The predicted octanol–water partition coefficient (Wildman–Crippen LogP) is -2.60. The van der Waals surface area contributed by atoms with Gasteiger partial charge in [-0.1, -0.05) is 0 Å². The minimum absolute atomic E-state index is 0.314. The van der Waals surface area contributed by atoms with E-state index >= 15 is 0 Å². The summed E-state index contributed by atoms with van der Waals surface area (Å²) in [6, 6.07) is 1.12. The Kier molecular flexibility index (Phi) is 4.40. The zero-order chi connectivity index (χ0) is 13.8. The van der Waals surface area contributed by atoms with E-state index in [0.29, 0.717) is 0 Å². The van der Waals surface area contributed by atoms with Gasteiger partial charge in [0.2, 0.25) is 5.91 Å². The van der Waals surface area contributed by atoms with Crippen LogP contribution in [0.1, 0.15) is 6.92 Å². The molecule has 1 amide bonds. The van der Waals surface area contributed by atoms with Crippen LogP contribution in [0.3, 0.4) is 0 Å². The summed E-state index contributed by atoms with van der Waals surface area (Å²) in [6.07, 6.45) is 1.19. The molecule has 8 heteroatoms. The Morgan fingerprint density at radius 3 is 2.56 bits per heavy atom. The first kappa shape index (κ1) is 14.1. The van der Waals surface area contributed by atoms with E-state index in [2.05, 4.69) is 5.32 Å². The van der Waals surface area contributed by atoms with E-state index in [0.717, 1.165) is 10.6 Å². The summed E-state index contributed by atoms with van der Waals surface area (Å²) in [4.78, 5) is 35.7. The summed E-state index contributed by atoms with van der Waals surface area (Å²) in [5.74, 6) is -0.560. The van der Waals surface area contributed by atoms with Crippen molar-refractivity contribution in [3.8, 4) is 0 Å². The molecule has 0 fully saturated rings. The molecule has 0 bridgehead atoms. The fourth-order valence-corrected chi connectivity index (χ4v) is 1.23. The molecule has 18 heavy (non-hydrogen) atoms. The van der Waals surface area contributed by atoms with Gasteiger partial charge in [-0.2, -0.15) is 0 Å². The number of amides is 1. The molecule has 0 aliphatic heterocycles. The minimum atomic E-state index is -1.15. The van der Waals surface area contributed by atoms with Crippen LogP contribution in [0.4, 0.5) is 0 Å². The van der Waals surface area contributed by atoms with Crippen LogP contribution in [-0.2, 0) is 11.3 Å². The molecule has 0 spiro atoms. The van der Waals surface area contributed by atoms with Gasteiger partial charge in [0.25, 0.3) is 5.56 Å². The highest BCUT2D eigenvalue weighted by molar-refractivity contribution is 5.76. The van der Waals surface area contributed by atoms with Gasteiger partial charge >= 0.3 is 5.69 Å². The van der Waals surface area contributed by atoms with Gasteiger partial charge in [0, 0.05) is 12.3 Å². The van der Waals surface area contributed by atoms with Crippen molar-refractivity contribution in [1.29, 1.82) is 0 Å². The quantitative estimate of drug-likeness (QED) is 0.460. The second-order valence-electron chi connectivity index (χ2n) is 4.16. The zero-order valence-corrected chi connectivity index (χ0v) is 9.84. The second-order valence-corrected chi connectivity index (χ2v) is 4.16. The standard InChI is InChI=1S/C10H15N3O5/c1-10(5-14,6-15)12-8(17)4-13-3-2-7(16)11-9(13)18/h2-3,14-15H,4-6H2,1H3,(H,12,17)(H,11,16,18). The molecular formula is C10H15N3O5. The molecule has 0 aromatic carbocycles. The largest absolute Gasteiger partial charge is 0.394 e. The summed E-state index contributed by atoms with van der Waals surface area (Å²) < 4.78 is 1.01. The molecule has 8 nitrogen and oxygen atoms in total. The van der Waals surface area contributed by atoms with Crippen molar-refractivity contribution in [3.05, 3.63) is 33.1 Å². The third-order valence-corrected chi connectivity index (χ3v) is 2.35. The molecule has 0 atom stereocenters. The summed E-state index contributed by atoms with van der Waals surface area (Å²) in [5, 5.41) is 20.4. The molecule has 1 aromatic rings. The normalized spacial score (nSPS) is 11.3. The Morgan fingerprint density at radius 2 is 2.06 bits per heavy atom. The van der Waals surface area contributed by atoms with Crippen molar-refractivity contribution in [2.75, 3.05) is 13.2 Å². The number of nitrogens with one attached hydrogen (secondary N) is 2. The number of aliphatic hydroxyl groups is 2. The first-order valence-corrected chi connectivity index (χ1v) is 5.23.